The van der Waals surface area contributed by atoms with Crippen LogP contribution in [-0.4, -0.2) is 13.1 Å². The van der Waals surface area contributed by atoms with Gasteiger partial charge in [0.2, 0.25) is 0 Å². The van der Waals surface area contributed by atoms with Crippen LogP contribution in [0.3, 0.4) is 0 Å². The SMILES string of the molecule is Cc1ccc(N2CCCCCCC2)c(CN)c1. The zero-order valence-electron chi connectivity index (χ0n) is 10.9. The lowest BCUT2D eigenvalue weighted by Gasteiger charge is -2.29. The molecule has 0 atom stereocenters. The third kappa shape index (κ3) is 3.22. The highest BCUT2D eigenvalue weighted by Crippen LogP contribution is 2.24. The van der Waals surface area contributed by atoms with Gasteiger partial charge in [-0.05, 0) is 31.4 Å². The predicted octanol–water partition coefficient (Wildman–Crippen LogP) is 3.22. The highest BCUT2D eigenvalue weighted by atomic mass is 15.1. The maximum Gasteiger partial charge on any atom is 0.0411 e. The molecular weight excluding hydrogens is 208 g/mol. The third-order valence-electron chi connectivity index (χ3n) is 3.65. The Bertz CT molecular complexity index is 352. The molecule has 0 aliphatic carbocycles. The van der Waals surface area contributed by atoms with Crippen molar-refractivity contribution in [1.29, 1.82) is 0 Å². The van der Waals surface area contributed by atoms with E-state index in [1.54, 1.807) is 0 Å². The first-order valence-electron chi connectivity index (χ1n) is 6.86. The van der Waals surface area contributed by atoms with Crippen LogP contribution in [0, 0.1) is 6.92 Å². The molecule has 2 heteroatoms. The maximum absolute atomic E-state index is 5.87. The molecule has 1 aromatic carbocycles. The van der Waals surface area contributed by atoms with Crippen molar-refractivity contribution in [3.63, 3.8) is 0 Å². The largest absolute Gasteiger partial charge is 0.371 e. The molecule has 0 aromatic heterocycles. The Balaban J connectivity index is 2.18. The summed E-state index contributed by atoms with van der Waals surface area (Å²) in [5, 5.41) is 0. The number of anilines is 1. The topological polar surface area (TPSA) is 29.3 Å². The highest BCUT2D eigenvalue weighted by Gasteiger charge is 2.12. The quantitative estimate of drug-likeness (QED) is 0.848. The van der Waals surface area contributed by atoms with Gasteiger partial charge in [0.1, 0.15) is 0 Å². The molecule has 0 amide bonds. The van der Waals surface area contributed by atoms with Gasteiger partial charge in [-0.25, -0.2) is 0 Å². The molecule has 0 radical (unpaired) electrons. The molecule has 1 fully saturated rings. The van der Waals surface area contributed by atoms with Crippen LogP contribution in [0.1, 0.15) is 43.2 Å². The van der Waals surface area contributed by atoms with Gasteiger partial charge < -0.3 is 10.6 Å². The average Bonchev–Trinajstić information content (AvgIpc) is 2.29. The fourth-order valence-corrected chi connectivity index (χ4v) is 2.67. The number of nitrogens with two attached hydrogens (primary N) is 1. The molecule has 2 rings (SSSR count). The van der Waals surface area contributed by atoms with E-state index >= 15 is 0 Å². The molecule has 2 N–H and O–H groups in total. The van der Waals surface area contributed by atoms with Crippen LogP contribution >= 0.6 is 0 Å². The van der Waals surface area contributed by atoms with E-state index in [1.165, 1.54) is 62.0 Å². The van der Waals surface area contributed by atoms with Crippen LogP contribution < -0.4 is 10.6 Å². The van der Waals surface area contributed by atoms with Gasteiger partial charge in [0.05, 0.1) is 0 Å². The Morgan fingerprint density at radius 2 is 1.71 bits per heavy atom. The first-order chi connectivity index (χ1) is 8.31. The summed E-state index contributed by atoms with van der Waals surface area (Å²) >= 11 is 0. The number of benzene rings is 1. The Kier molecular flexibility index (Phi) is 4.43. The second kappa shape index (κ2) is 6.06. The average molecular weight is 232 g/mol. The molecule has 0 bridgehead atoms. The Morgan fingerprint density at radius 1 is 1.06 bits per heavy atom. The first-order valence-corrected chi connectivity index (χ1v) is 6.86. The molecule has 0 unspecified atom stereocenters. The van der Waals surface area contributed by atoms with Gasteiger partial charge in [-0.2, -0.15) is 0 Å². The smallest absolute Gasteiger partial charge is 0.0411 e. The summed E-state index contributed by atoms with van der Waals surface area (Å²) in [6.45, 7) is 5.16. The molecule has 1 saturated heterocycles. The van der Waals surface area contributed by atoms with Crippen molar-refractivity contribution in [2.75, 3.05) is 18.0 Å². The van der Waals surface area contributed by atoms with E-state index in [0.29, 0.717) is 6.54 Å². The Hall–Kier alpha value is -1.02. The number of hydrogen-bond acceptors (Lipinski definition) is 2. The summed E-state index contributed by atoms with van der Waals surface area (Å²) in [7, 11) is 0. The van der Waals surface area contributed by atoms with Crippen molar-refractivity contribution in [2.45, 2.75) is 45.6 Å². The van der Waals surface area contributed by atoms with Crippen LogP contribution in [0.25, 0.3) is 0 Å². The zero-order valence-corrected chi connectivity index (χ0v) is 10.9. The van der Waals surface area contributed by atoms with Gasteiger partial charge >= 0.3 is 0 Å². The van der Waals surface area contributed by atoms with Crippen LogP contribution in [0.5, 0.6) is 0 Å². The lowest BCUT2D eigenvalue weighted by Crippen LogP contribution is -2.28. The predicted molar refractivity (Wildman–Crippen MR) is 74.4 cm³/mol. The number of nitrogens with zero attached hydrogens (tertiary/aromatic N) is 1. The fourth-order valence-electron chi connectivity index (χ4n) is 2.67. The molecule has 1 aliphatic rings. The van der Waals surface area contributed by atoms with Gasteiger partial charge in [-0.1, -0.05) is 37.0 Å². The normalized spacial score (nSPS) is 17.6. The maximum atomic E-state index is 5.87. The number of aryl methyl sites for hydroxylation is 1. The summed E-state index contributed by atoms with van der Waals surface area (Å²) in [5.74, 6) is 0. The van der Waals surface area contributed by atoms with E-state index in [-0.39, 0.29) is 0 Å². The zero-order chi connectivity index (χ0) is 12.1. The van der Waals surface area contributed by atoms with Crippen LogP contribution in [0.15, 0.2) is 18.2 Å². The summed E-state index contributed by atoms with van der Waals surface area (Å²) in [6.07, 6.45) is 6.79. The van der Waals surface area contributed by atoms with E-state index in [1.807, 2.05) is 0 Å². The lowest BCUT2D eigenvalue weighted by atomic mass is 10.0. The van der Waals surface area contributed by atoms with Gasteiger partial charge in [-0.3, -0.25) is 0 Å². The molecular formula is C15H24N2. The van der Waals surface area contributed by atoms with Gasteiger partial charge in [0, 0.05) is 25.3 Å². The molecule has 2 nitrogen and oxygen atoms in total. The molecule has 1 aromatic rings. The molecule has 0 saturated carbocycles. The van der Waals surface area contributed by atoms with E-state index in [2.05, 4.69) is 30.0 Å². The Morgan fingerprint density at radius 3 is 2.35 bits per heavy atom. The van der Waals surface area contributed by atoms with Crippen molar-refractivity contribution < 1.29 is 0 Å². The molecule has 1 aliphatic heterocycles. The van der Waals surface area contributed by atoms with Crippen molar-refractivity contribution in [1.82, 2.24) is 0 Å². The van der Waals surface area contributed by atoms with E-state index in [9.17, 15) is 0 Å². The molecule has 0 spiro atoms. The van der Waals surface area contributed by atoms with Crippen molar-refractivity contribution in [2.24, 2.45) is 5.73 Å². The minimum Gasteiger partial charge on any atom is -0.371 e. The van der Waals surface area contributed by atoms with E-state index < -0.39 is 0 Å². The summed E-state index contributed by atoms with van der Waals surface area (Å²) in [5.41, 5.74) is 9.83. The second-order valence-electron chi connectivity index (χ2n) is 5.09. The van der Waals surface area contributed by atoms with Crippen molar-refractivity contribution >= 4 is 5.69 Å². The number of hydrogen-bond donors (Lipinski definition) is 1. The monoisotopic (exact) mass is 232 g/mol. The van der Waals surface area contributed by atoms with E-state index in [4.69, 9.17) is 5.73 Å². The number of rotatable bonds is 2. The highest BCUT2D eigenvalue weighted by molar-refractivity contribution is 5.55. The van der Waals surface area contributed by atoms with Crippen LogP contribution in [-0.2, 0) is 6.54 Å². The standard InChI is InChI=1S/C15H24N2/c1-13-7-8-15(14(11-13)12-16)17-9-5-3-2-4-6-10-17/h7-8,11H,2-6,9-10,12,16H2,1H3. The lowest BCUT2D eigenvalue weighted by molar-refractivity contribution is 0.555. The molecule has 94 valence electrons. The minimum absolute atomic E-state index is 0.646. The summed E-state index contributed by atoms with van der Waals surface area (Å²) in [4.78, 5) is 2.53. The van der Waals surface area contributed by atoms with Crippen molar-refractivity contribution in [3.05, 3.63) is 29.3 Å². The summed E-state index contributed by atoms with van der Waals surface area (Å²) < 4.78 is 0. The van der Waals surface area contributed by atoms with Gasteiger partial charge in [0.15, 0.2) is 0 Å². The van der Waals surface area contributed by atoms with Crippen LogP contribution in [0.4, 0.5) is 5.69 Å². The first kappa shape index (κ1) is 12.4. The van der Waals surface area contributed by atoms with Crippen LogP contribution in [0.2, 0.25) is 0 Å². The second-order valence-corrected chi connectivity index (χ2v) is 5.09. The molecule has 17 heavy (non-hydrogen) atoms. The third-order valence-corrected chi connectivity index (χ3v) is 3.65. The van der Waals surface area contributed by atoms with Gasteiger partial charge in [0.25, 0.3) is 0 Å². The van der Waals surface area contributed by atoms with E-state index in [0.717, 1.165) is 0 Å². The Labute approximate surface area is 105 Å². The van der Waals surface area contributed by atoms with Gasteiger partial charge in [-0.15, -0.1) is 0 Å². The van der Waals surface area contributed by atoms with Crippen molar-refractivity contribution in [3.8, 4) is 0 Å². The molecule has 1 heterocycles. The fraction of sp³-hybridized carbons (Fsp3) is 0.600. The minimum atomic E-state index is 0.646. The summed E-state index contributed by atoms with van der Waals surface area (Å²) in [6, 6.07) is 6.68.